The number of nitrogens with zero attached hydrogens (tertiary/aromatic N) is 3. The summed E-state index contributed by atoms with van der Waals surface area (Å²) in [4.78, 5) is 36.1. The second-order valence-corrected chi connectivity index (χ2v) is 14.4. The highest BCUT2D eigenvalue weighted by molar-refractivity contribution is 7.87. The number of benzene rings is 1. The fourth-order valence-corrected chi connectivity index (χ4v) is 6.83. The van der Waals surface area contributed by atoms with Gasteiger partial charge in [0.05, 0.1) is 24.4 Å². The Labute approximate surface area is 261 Å². The van der Waals surface area contributed by atoms with Crippen LogP contribution < -0.4 is 24.8 Å². The lowest BCUT2D eigenvalue weighted by molar-refractivity contribution is -0.130. The molecule has 2 amide bonds. The van der Waals surface area contributed by atoms with Gasteiger partial charge in [-0.15, -0.1) is 17.9 Å². The van der Waals surface area contributed by atoms with Crippen LogP contribution in [-0.4, -0.2) is 79.9 Å². The Bertz CT molecular complexity index is 1720. The number of aromatic nitrogens is 2. The molecule has 1 aromatic carbocycles. The minimum Gasteiger partial charge on any atom is -0.496 e. The Morgan fingerprint density at radius 3 is 2.61 bits per heavy atom. The van der Waals surface area contributed by atoms with Gasteiger partial charge in [-0.3, -0.25) is 9.59 Å². The Kier molecular flexibility index (Phi) is 8.73. The number of ether oxygens (including phenoxy) is 2. The van der Waals surface area contributed by atoms with Crippen molar-refractivity contribution in [3.8, 4) is 22.2 Å². The minimum atomic E-state index is -4.03. The van der Waals surface area contributed by atoms with Crippen LogP contribution in [0, 0.1) is 12.8 Å². The van der Waals surface area contributed by atoms with E-state index in [2.05, 4.69) is 31.1 Å². The molecule has 236 valence electrons. The molecule has 12 nitrogen and oxygen atoms in total. The van der Waals surface area contributed by atoms with E-state index in [1.54, 1.807) is 13.2 Å². The zero-order valence-electron chi connectivity index (χ0n) is 25.6. The molecule has 2 fully saturated rings. The van der Waals surface area contributed by atoms with Gasteiger partial charge in [0.25, 0.3) is 5.91 Å². The van der Waals surface area contributed by atoms with Crippen LogP contribution in [0.15, 0.2) is 36.2 Å². The first-order chi connectivity index (χ1) is 20.8. The maximum Gasteiger partial charge on any atom is 0.303 e. The predicted molar refractivity (Wildman–Crippen MR) is 169 cm³/mol. The Morgan fingerprint density at radius 2 is 2.00 bits per heavy atom. The molecule has 0 unspecified atom stereocenters. The summed E-state index contributed by atoms with van der Waals surface area (Å²) >= 11 is 1.53. The number of aryl methyl sites for hydroxylation is 1. The molecule has 3 heterocycles. The maximum absolute atomic E-state index is 13.4. The average molecular weight is 643 g/mol. The molecule has 0 bridgehead atoms. The average Bonchev–Trinajstić information content (AvgIpc) is 3.28. The van der Waals surface area contributed by atoms with Gasteiger partial charge >= 0.3 is 10.2 Å². The molecule has 44 heavy (non-hydrogen) atoms. The first kappa shape index (κ1) is 31.8. The minimum absolute atomic E-state index is 0.257. The van der Waals surface area contributed by atoms with Crippen LogP contribution in [0.25, 0.3) is 21.6 Å². The molecular weight excluding hydrogens is 605 g/mol. The van der Waals surface area contributed by atoms with Crippen LogP contribution >= 0.6 is 11.3 Å². The lowest BCUT2D eigenvalue weighted by Gasteiger charge is -2.22. The SMILES string of the molecule is C=C[C@@H]1C[C@]1(NC(=O)[C@@H]1C[C@@H](Oc2cc(-c3nc(C(C)C)cs3)nc3c(C)c(OC)ccc23)CN1)C(=O)NS(=O)(=O)N(C)C. The van der Waals surface area contributed by atoms with Gasteiger partial charge in [-0.2, -0.15) is 12.7 Å². The van der Waals surface area contributed by atoms with E-state index in [1.807, 2.05) is 35.2 Å². The number of methoxy groups -OCH3 is 1. The van der Waals surface area contributed by atoms with Crippen molar-refractivity contribution < 1.29 is 27.5 Å². The zero-order chi connectivity index (χ0) is 32.0. The third-order valence-electron chi connectivity index (χ3n) is 8.15. The van der Waals surface area contributed by atoms with Crippen molar-refractivity contribution in [1.29, 1.82) is 0 Å². The Balaban J connectivity index is 1.36. The summed E-state index contributed by atoms with van der Waals surface area (Å²) in [5.74, 6) is 0.0151. The number of amides is 2. The zero-order valence-corrected chi connectivity index (χ0v) is 27.3. The van der Waals surface area contributed by atoms with Crippen LogP contribution in [0.4, 0.5) is 0 Å². The van der Waals surface area contributed by atoms with E-state index >= 15 is 0 Å². The van der Waals surface area contributed by atoms with Gasteiger partial charge < -0.3 is 20.1 Å². The monoisotopic (exact) mass is 642 g/mol. The molecule has 0 radical (unpaired) electrons. The molecule has 5 rings (SSSR count). The number of carbonyl (C=O) groups excluding carboxylic acids is 2. The van der Waals surface area contributed by atoms with E-state index in [-0.39, 0.29) is 24.4 Å². The van der Waals surface area contributed by atoms with Crippen molar-refractivity contribution >= 4 is 44.3 Å². The van der Waals surface area contributed by atoms with Gasteiger partial charge in [-0.25, -0.2) is 14.7 Å². The lowest BCUT2D eigenvalue weighted by Crippen LogP contribution is -2.56. The number of nitrogens with one attached hydrogen (secondary N) is 3. The van der Waals surface area contributed by atoms with Crippen LogP contribution in [0.3, 0.4) is 0 Å². The lowest BCUT2D eigenvalue weighted by atomic mass is 10.1. The number of hydrogen-bond donors (Lipinski definition) is 3. The predicted octanol–water partition coefficient (Wildman–Crippen LogP) is 2.89. The smallest absolute Gasteiger partial charge is 0.303 e. The number of fused-ring (bicyclic) bond motifs is 1. The van der Waals surface area contributed by atoms with Crippen LogP contribution in [0.1, 0.15) is 43.9 Å². The molecular formula is C30H38N6O6S2. The largest absolute Gasteiger partial charge is 0.496 e. The molecule has 1 saturated heterocycles. The van der Waals surface area contributed by atoms with E-state index in [0.29, 0.717) is 30.2 Å². The highest BCUT2D eigenvalue weighted by atomic mass is 32.2. The Morgan fingerprint density at radius 1 is 1.25 bits per heavy atom. The normalized spacial score (nSPS) is 23.1. The highest BCUT2D eigenvalue weighted by Crippen LogP contribution is 2.45. The van der Waals surface area contributed by atoms with Gasteiger partial charge in [-0.05, 0) is 31.4 Å². The summed E-state index contributed by atoms with van der Waals surface area (Å²) < 4.78 is 39.6. The van der Waals surface area contributed by atoms with Crippen molar-refractivity contribution in [3.05, 3.63) is 47.5 Å². The Hall–Kier alpha value is -3.59. The highest BCUT2D eigenvalue weighted by Gasteiger charge is 2.61. The number of thiazole rings is 1. The molecule has 4 atom stereocenters. The molecule has 2 aliphatic rings. The van der Waals surface area contributed by atoms with Gasteiger partial charge in [0.2, 0.25) is 5.91 Å². The summed E-state index contributed by atoms with van der Waals surface area (Å²) in [5, 5.41) is 9.61. The van der Waals surface area contributed by atoms with Crippen molar-refractivity contribution in [2.24, 2.45) is 5.92 Å². The fourth-order valence-electron chi connectivity index (χ4n) is 5.29. The standard InChI is InChI=1S/C30H38N6O6S2/c1-8-18-13-30(18,29(38)35-44(39,40)36(5)6)34-27(37)21-11-19(14-31-21)42-25-12-22(28-33-23(15-43-28)16(2)3)32-26-17(4)24(41-7)10-9-20(25)26/h8-10,12,15-16,18-19,21,31H,1,11,13-14H2,2-7H3,(H,34,37)(H,35,38)/t18-,19-,21+,30-/m1/s1. The molecule has 3 N–H and O–H groups in total. The molecule has 1 aliphatic carbocycles. The number of pyridine rings is 1. The third kappa shape index (κ3) is 6.03. The van der Waals surface area contributed by atoms with Crippen LogP contribution in [-0.2, 0) is 19.8 Å². The first-order valence-corrected chi connectivity index (χ1v) is 16.6. The summed E-state index contributed by atoms with van der Waals surface area (Å²) in [6.45, 7) is 10.3. The second kappa shape index (κ2) is 12.1. The van der Waals surface area contributed by atoms with E-state index in [1.165, 1.54) is 25.4 Å². The molecule has 0 spiro atoms. The van der Waals surface area contributed by atoms with Gasteiger partial charge in [0.15, 0.2) is 0 Å². The number of carbonyl (C=O) groups is 2. The second-order valence-electron chi connectivity index (χ2n) is 11.7. The van der Waals surface area contributed by atoms with Gasteiger partial charge in [0, 0.05) is 55.4 Å². The summed E-state index contributed by atoms with van der Waals surface area (Å²) in [7, 11) is 0.219. The van der Waals surface area contributed by atoms with E-state index in [0.717, 1.165) is 31.5 Å². The van der Waals surface area contributed by atoms with E-state index < -0.39 is 33.6 Å². The van der Waals surface area contributed by atoms with Crippen molar-refractivity contribution in [3.63, 3.8) is 0 Å². The van der Waals surface area contributed by atoms with Gasteiger partial charge in [-0.1, -0.05) is 19.9 Å². The van der Waals surface area contributed by atoms with E-state index in [4.69, 9.17) is 19.4 Å². The number of hydrogen-bond acceptors (Lipinski definition) is 10. The topological polar surface area (TPSA) is 152 Å². The van der Waals surface area contributed by atoms with Crippen molar-refractivity contribution in [2.45, 2.75) is 57.2 Å². The molecule has 14 heteroatoms. The maximum atomic E-state index is 13.4. The molecule has 2 aromatic heterocycles. The summed E-state index contributed by atoms with van der Waals surface area (Å²) in [6.07, 6.45) is 1.78. The third-order valence-corrected chi connectivity index (χ3v) is 10.4. The summed E-state index contributed by atoms with van der Waals surface area (Å²) in [6, 6.07) is 5.02. The molecule has 3 aromatic rings. The van der Waals surface area contributed by atoms with Crippen LogP contribution in [0.5, 0.6) is 11.5 Å². The van der Waals surface area contributed by atoms with E-state index in [9.17, 15) is 18.0 Å². The van der Waals surface area contributed by atoms with Crippen molar-refractivity contribution in [1.82, 2.24) is 29.6 Å². The van der Waals surface area contributed by atoms with Crippen LogP contribution in [0.2, 0.25) is 0 Å². The number of rotatable bonds is 11. The first-order valence-electron chi connectivity index (χ1n) is 14.3. The fraction of sp³-hybridized carbons (Fsp3) is 0.467. The van der Waals surface area contributed by atoms with Gasteiger partial charge in [0.1, 0.15) is 33.8 Å². The quantitative estimate of drug-likeness (QED) is 0.268. The molecule has 1 saturated carbocycles. The molecule has 1 aliphatic heterocycles. The summed E-state index contributed by atoms with van der Waals surface area (Å²) in [5.41, 5.74) is 1.91. The van der Waals surface area contributed by atoms with Crippen molar-refractivity contribution in [2.75, 3.05) is 27.7 Å².